The Morgan fingerprint density at radius 1 is 1.53 bits per heavy atom. The van der Waals surface area contributed by atoms with E-state index in [0.717, 1.165) is 4.31 Å². The van der Waals surface area contributed by atoms with Crippen molar-refractivity contribution in [2.45, 2.75) is 31.8 Å². The summed E-state index contributed by atoms with van der Waals surface area (Å²) in [5.74, 6) is -0.947. The molecule has 1 aromatic rings. The maximum atomic E-state index is 12.1. The Morgan fingerprint density at radius 2 is 2.32 bits per heavy atom. The number of aromatic amines is 1. The van der Waals surface area contributed by atoms with Gasteiger partial charge in [0.15, 0.2) is 5.82 Å². The van der Waals surface area contributed by atoms with Crippen LogP contribution in [0.15, 0.2) is 0 Å². The maximum Gasteiger partial charge on any atom is 0.322 e. The Balaban J connectivity index is 2.06. The number of nitrogens with zero attached hydrogens (tertiary/aromatic N) is 4. The molecule has 0 aliphatic carbocycles. The van der Waals surface area contributed by atoms with Crippen LogP contribution in [0.25, 0.3) is 0 Å². The molecule has 2 rings (SSSR count). The average Bonchev–Trinajstić information content (AvgIpc) is 2.89. The van der Waals surface area contributed by atoms with E-state index in [9.17, 15) is 13.2 Å². The highest BCUT2D eigenvalue weighted by atomic mass is 32.2. The number of H-pyrrole nitrogens is 1. The van der Waals surface area contributed by atoms with Crippen LogP contribution in [0.3, 0.4) is 0 Å². The molecule has 0 saturated carbocycles. The van der Waals surface area contributed by atoms with Crippen molar-refractivity contribution in [3.63, 3.8) is 0 Å². The quantitative estimate of drug-likeness (QED) is 0.597. The van der Waals surface area contributed by atoms with Gasteiger partial charge in [-0.25, -0.2) is 0 Å². The summed E-state index contributed by atoms with van der Waals surface area (Å²) in [4.78, 5) is 11.1. The zero-order chi connectivity index (χ0) is 13.9. The molecule has 0 spiro atoms. The lowest BCUT2D eigenvalue weighted by Gasteiger charge is -2.31. The van der Waals surface area contributed by atoms with Crippen LogP contribution in [0.4, 0.5) is 0 Å². The van der Waals surface area contributed by atoms with E-state index in [4.69, 9.17) is 5.11 Å². The Morgan fingerprint density at radius 3 is 2.95 bits per heavy atom. The molecular weight excluding hydrogens is 276 g/mol. The first-order chi connectivity index (χ1) is 9.00. The van der Waals surface area contributed by atoms with Crippen LogP contribution in [0.5, 0.6) is 0 Å². The molecule has 1 fully saturated rings. The SMILES string of the molecule is O=C(O)C1CCCCN1S(=O)(=O)NCc1nn[nH]n1. The van der Waals surface area contributed by atoms with Gasteiger partial charge in [-0.1, -0.05) is 5.21 Å². The molecule has 1 atom stereocenters. The third-order valence-electron chi connectivity index (χ3n) is 2.85. The van der Waals surface area contributed by atoms with E-state index < -0.39 is 22.2 Å². The van der Waals surface area contributed by atoms with Crippen LogP contribution in [-0.4, -0.2) is 57.0 Å². The molecule has 1 saturated heterocycles. The van der Waals surface area contributed by atoms with Crippen molar-refractivity contribution in [3.05, 3.63) is 5.82 Å². The molecule has 0 bridgehead atoms. The summed E-state index contributed by atoms with van der Waals surface area (Å²) in [6, 6.07) is -1.02. The van der Waals surface area contributed by atoms with Gasteiger partial charge >= 0.3 is 5.97 Å². The summed E-state index contributed by atoms with van der Waals surface area (Å²) in [6.07, 6.45) is 1.67. The molecule has 106 valence electrons. The summed E-state index contributed by atoms with van der Waals surface area (Å²) in [7, 11) is -3.87. The van der Waals surface area contributed by atoms with Crippen molar-refractivity contribution in [1.82, 2.24) is 29.7 Å². The summed E-state index contributed by atoms with van der Waals surface area (Å²) in [5, 5.41) is 21.8. The van der Waals surface area contributed by atoms with E-state index in [-0.39, 0.29) is 18.9 Å². The molecule has 0 aromatic carbocycles. The van der Waals surface area contributed by atoms with Crippen LogP contribution in [0.2, 0.25) is 0 Å². The van der Waals surface area contributed by atoms with E-state index in [2.05, 4.69) is 25.3 Å². The molecule has 1 aromatic heterocycles. The first-order valence-corrected chi connectivity index (χ1v) is 7.16. The first kappa shape index (κ1) is 13.8. The number of rotatable bonds is 5. The smallest absolute Gasteiger partial charge is 0.322 e. The molecule has 19 heavy (non-hydrogen) atoms. The Labute approximate surface area is 109 Å². The normalized spacial score (nSPS) is 21.4. The minimum Gasteiger partial charge on any atom is -0.480 e. The van der Waals surface area contributed by atoms with Crippen LogP contribution >= 0.6 is 0 Å². The lowest BCUT2D eigenvalue weighted by atomic mass is 10.1. The van der Waals surface area contributed by atoms with Gasteiger partial charge in [0.25, 0.3) is 10.2 Å². The Bertz CT molecular complexity index is 529. The van der Waals surface area contributed by atoms with Crippen LogP contribution in [-0.2, 0) is 21.5 Å². The van der Waals surface area contributed by atoms with Gasteiger partial charge in [0.2, 0.25) is 0 Å². The van der Waals surface area contributed by atoms with E-state index in [0.29, 0.717) is 19.3 Å². The number of hydrogen-bond donors (Lipinski definition) is 3. The van der Waals surface area contributed by atoms with Crippen molar-refractivity contribution >= 4 is 16.2 Å². The largest absolute Gasteiger partial charge is 0.480 e. The number of aromatic nitrogens is 4. The second-order valence-corrected chi connectivity index (χ2v) is 5.82. The lowest BCUT2D eigenvalue weighted by Crippen LogP contribution is -2.52. The molecule has 3 N–H and O–H groups in total. The number of carbonyl (C=O) groups is 1. The summed E-state index contributed by atoms with van der Waals surface area (Å²) < 4.78 is 27.4. The van der Waals surface area contributed by atoms with Crippen molar-refractivity contribution < 1.29 is 18.3 Å². The highest BCUT2D eigenvalue weighted by Gasteiger charge is 2.36. The number of piperidine rings is 1. The number of carboxylic acid groups (broad SMARTS) is 1. The average molecular weight is 290 g/mol. The maximum absolute atomic E-state index is 12.1. The van der Waals surface area contributed by atoms with Gasteiger partial charge in [0.05, 0.1) is 6.54 Å². The van der Waals surface area contributed by atoms with Gasteiger partial charge in [0.1, 0.15) is 6.04 Å². The second-order valence-electron chi connectivity index (χ2n) is 4.11. The molecule has 1 unspecified atom stereocenters. The topological polar surface area (TPSA) is 141 Å². The predicted molar refractivity (Wildman–Crippen MR) is 61.9 cm³/mol. The van der Waals surface area contributed by atoms with Gasteiger partial charge in [-0.3, -0.25) is 4.79 Å². The van der Waals surface area contributed by atoms with Crippen LogP contribution in [0.1, 0.15) is 25.1 Å². The fraction of sp³-hybridized carbons (Fsp3) is 0.750. The summed E-state index contributed by atoms with van der Waals surface area (Å²) in [5.41, 5.74) is 0. The van der Waals surface area contributed by atoms with Gasteiger partial charge in [-0.15, -0.1) is 10.2 Å². The molecule has 1 aliphatic rings. The minimum absolute atomic E-state index is 0.137. The fourth-order valence-electron chi connectivity index (χ4n) is 1.94. The molecular formula is C8H14N6O4S. The highest BCUT2D eigenvalue weighted by molar-refractivity contribution is 7.87. The molecule has 2 heterocycles. The lowest BCUT2D eigenvalue weighted by molar-refractivity contribution is -0.142. The molecule has 1 aliphatic heterocycles. The zero-order valence-corrected chi connectivity index (χ0v) is 10.8. The number of aliphatic carboxylic acids is 1. The third-order valence-corrected chi connectivity index (χ3v) is 4.41. The third kappa shape index (κ3) is 3.24. The monoisotopic (exact) mass is 290 g/mol. The van der Waals surface area contributed by atoms with Gasteiger partial charge < -0.3 is 5.11 Å². The second kappa shape index (κ2) is 5.59. The van der Waals surface area contributed by atoms with Crippen LogP contribution < -0.4 is 4.72 Å². The first-order valence-electron chi connectivity index (χ1n) is 5.72. The van der Waals surface area contributed by atoms with E-state index >= 15 is 0 Å². The Hall–Kier alpha value is -1.59. The Kier molecular flexibility index (Phi) is 4.07. The molecule has 10 nitrogen and oxygen atoms in total. The number of carboxylic acids is 1. The molecule has 0 radical (unpaired) electrons. The van der Waals surface area contributed by atoms with E-state index in [1.54, 1.807) is 0 Å². The van der Waals surface area contributed by atoms with Crippen molar-refractivity contribution in [2.24, 2.45) is 0 Å². The molecule has 0 amide bonds. The minimum atomic E-state index is -3.87. The van der Waals surface area contributed by atoms with E-state index in [1.165, 1.54) is 0 Å². The van der Waals surface area contributed by atoms with Crippen molar-refractivity contribution in [2.75, 3.05) is 6.54 Å². The standard InChI is InChI=1S/C8H14N6O4S/c15-8(16)6-3-1-2-4-14(6)19(17,18)9-5-7-10-12-13-11-7/h6,9H,1-5H2,(H,15,16)(H,10,11,12,13). The zero-order valence-electron chi connectivity index (χ0n) is 9.98. The van der Waals surface area contributed by atoms with Gasteiger partial charge in [-0.05, 0) is 19.3 Å². The summed E-state index contributed by atoms with van der Waals surface area (Å²) in [6.45, 7) is 0.0558. The van der Waals surface area contributed by atoms with Crippen molar-refractivity contribution in [3.8, 4) is 0 Å². The highest BCUT2D eigenvalue weighted by Crippen LogP contribution is 2.19. The molecule has 11 heteroatoms. The van der Waals surface area contributed by atoms with Crippen LogP contribution in [0, 0.1) is 0 Å². The predicted octanol–water partition coefficient (Wildman–Crippen LogP) is -1.53. The van der Waals surface area contributed by atoms with E-state index in [1.807, 2.05) is 0 Å². The van der Waals surface area contributed by atoms with Gasteiger partial charge in [-0.2, -0.15) is 22.7 Å². The number of tetrazole rings is 1. The summed E-state index contributed by atoms with van der Waals surface area (Å²) >= 11 is 0. The number of hydrogen-bond acceptors (Lipinski definition) is 6. The number of nitrogens with one attached hydrogen (secondary N) is 2. The fourth-order valence-corrected chi connectivity index (χ4v) is 3.31. The van der Waals surface area contributed by atoms with Crippen molar-refractivity contribution in [1.29, 1.82) is 0 Å². The van der Waals surface area contributed by atoms with Gasteiger partial charge in [0, 0.05) is 6.54 Å².